The van der Waals surface area contributed by atoms with Crippen molar-refractivity contribution in [1.29, 1.82) is 0 Å². The lowest BCUT2D eigenvalue weighted by molar-refractivity contribution is 0.195. The van der Waals surface area contributed by atoms with E-state index in [0.29, 0.717) is 6.04 Å². The molecule has 1 saturated carbocycles. The second-order valence-electron chi connectivity index (χ2n) is 8.85. The molecule has 0 aliphatic heterocycles. The van der Waals surface area contributed by atoms with Crippen molar-refractivity contribution in [3.63, 3.8) is 0 Å². The summed E-state index contributed by atoms with van der Waals surface area (Å²) in [5.41, 5.74) is 7.17. The highest BCUT2D eigenvalue weighted by Crippen LogP contribution is 2.34. The maximum absolute atomic E-state index is 12.9. The maximum atomic E-state index is 12.9. The first kappa shape index (κ1) is 19.1. The van der Waals surface area contributed by atoms with Crippen molar-refractivity contribution in [2.75, 3.05) is 14.1 Å². The first-order valence-electron chi connectivity index (χ1n) is 10.6. The molecule has 0 spiro atoms. The Bertz CT molecular complexity index is 1290. The van der Waals surface area contributed by atoms with Crippen LogP contribution in [0.2, 0.25) is 0 Å². The number of H-pyrrole nitrogens is 1. The monoisotopic (exact) mass is 404 g/mol. The third-order valence-corrected chi connectivity index (χ3v) is 6.69. The third-order valence-electron chi connectivity index (χ3n) is 6.69. The number of nitrogens with one attached hydrogen (secondary N) is 1. The summed E-state index contributed by atoms with van der Waals surface area (Å²) < 4.78 is 3.80. The molecule has 1 fully saturated rings. The van der Waals surface area contributed by atoms with Gasteiger partial charge in [-0.15, -0.1) is 0 Å². The van der Waals surface area contributed by atoms with Gasteiger partial charge in [0, 0.05) is 23.8 Å². The molecule has 1 N–H and O–H groups in total. The lowest BCUT2D eigenvalue weighted by Crippen LogP contribution is -2.34. The van der Waals surface area contributed by atoms with Crippen LogP contribution in [0.25, 0.3) is 27.8 Å². The molecule has 3 aromatic heterocycles. The number of aromatic amines is 1. The van der Waals surface area contributed by atoms with Crippen molar-refractivity contribution >= 4 is 16.7 Å². The van der Waals surface area contributed by atoms with E-state index < -0.39 is 0 Å². The smallest absolute Gasteiger partial charge is 0.306 e. The Morgan fingerprint density at radius 2 is 1.83 bits per heavy atom. The molecule has 0 saturated heterocycles. The molecule has 156 valence electrons. The van der Waals surface area contributed by atoms with Gasteiger partial charge in [-0.3, -0.25) is 4.57 Å². The first-order valence-corrected chi connectivity index (χ1v) is 10.6. The van der Waals surface area contributed by atoms with E-state index in [1.165, 1.54) is 0 Å². The number of pyridine rings is 1. The van der Waals surface area contributed by atoms with Crippen LogP contribution in [0.3, 0.4) is 0 Å². The van der Waals surface area contributed by atoms with Gasteiger partial charge in [0.05, 0.1) is 11.0 Å². The number of benzene rings is 1. The molecular formula is C23H28N6O. The van der Waals surface area contributed by atoms with Crippen LogP contribution in [-0.4, -0.2) is 49.2 Å². The molecule has 4 aromatic rings. The van der Waals surface area contributed by atoms with Crippen LogP contribution in [0.15, 0.2) is 35.5 Å². The molecular weight excluding hydrogens is 376 g/mol. The van der Waals surface area contributed by atoms with Gasteiger partial charge in [0.1, 0.15) is 6.33 Å². The van der Waals surface area contributed by atoms with Crippen LogP contribution in [0, 0.1) is 13.8 Å². The SMILES string of the molecule is Cc1cc2c(cc1-c1cc(C)c3ncnn3c1)[nH]c(=O)n2C1CCC(N(C)C)CC1. The van der Waals surface area contributed by atoms with Crippen LogP contribution in [0.4, 0.5) is 0 Å². The quantitative estimate of drug-likeness (QED) is 0.565. The largest absolute Gasteiger partial charge is 0.326 e. The molecule has 1 aliphatic carbocycles. The van der Waals surface area contributed by atoms with Gasteiger partial charge in [-0.05, 0) is 88.5 Å². The Balaban J connectivity index is 1.56. The third kappa shape index (κ3) is 3.04. The number of hydrogen-bond acceptors (Lipinski definition) is 4. The number of aryl methyl sites for hydroxylation is 2. The van der Waals surface area contributed by atoms with E-state index in [2.05, 4.69) is 59.2 Å². The van der Waals surface area contributed by atoms with Crippen molar-refractivity contribution in [3.05, 3.63) is 52.3 Å². The van der Waals surface area contributed by atoms with Crippen molar-refractivity contribution in [2.45, 2.75) is 51.6 Å². The number of fused-ring (bicyclic) bond motifs is 2. The van der Waals surface area contributed by atoms with Gasteiger partial charge in [0.2, 0.25) is 0 Å². The number of rotatable bonds is 3. The predicted octanol–water partition coefficient (Wildman–Crippen LogP) is 3.70. The highest BCUT2D eigenvalue weighted by Gasteiger charge is 2.26. The molecule has 0 amide bonds. The van der Waals surface area contributed by atoms with Crippen LogP contribution in [0.1, 0.15) is 42.9 Å². The highest BCUT2D eigenvalue weighted by atomic mass is 16.1. The molecule has 7 nitrogen and oxygen atoms in total. The molecule has 1 aromatic carbocycles. The molecule has 0 radical (unpaired) electrons. The molecule has 0 unspecified atom stereocenters. The van der Waals surface area contributed by atoms with E-state index in [-0.39, 0.29) is 11.7 Å². The van der Waals surface area contributed by atoms with Crippen LogP contribution >= 0.6 is 0 Å². The lowest BCUT2D eigenvalue weighted by atomic mass is 9.90. The van der Waals surface area contributed by atoms with E-state index in [9.17, 15) is 4.79 Å². The van der Waals surface area contributed by atoms with Crippen LogP contribution in [-0.2, 0) is 0 Å². The van der Waals surface area contributed by atoms with Gasteiger partial charge >= 0.3 is 5.69 Å². The van der Waals surface area contributed by atoms with E-state index in [4.69, 9.17) is 0 Å². The number of imidazole rings is 1. The Labute approximate surface area is 175 Å². The van der Waals surface area contributed by atoms with Gasteiger partial charge in [-0.1, -0.05) is 0 Å². The summed E-state index contributed by atoms with van der Waals surface area (Å²) in [6, 6.07) is 7.27. The van der Waals surface area contributed by atoms with Crippen molar-refractivity contribution in [2.24, 2.45) is 0 Å². The van der Waals surface area contributed by atoms with E-state index in [0.717, 1.165) is 64.6 Å². The van der Waals surface area contributed by atoms with Gasteiger partial charge in [-0.2, -0.15) is 5.10 Å². The average molecular weight is 405 g/mol. The summed E-state index contributed by atoms with van der Waals surface area (Å²) in [6.07, 6.45) is 7.92. The molecule has 7 heteroatoms. The van der Waals surface area contributed by atoms with Crippen LogP contribution in [0.5, 0.6) is 0 Å². The minimum Gasteiger partial charge on any atom is -0.306 e. The van der Waals surface area contributed by atoms with Gasteiger partial charge < -0.3 is 9.88 Å². The summed E-state index contributed by atoms with van der Waals surface area (Å²) in [6.45, 7) is 4.16. The van der Waals surface area contributed by atoms with E-state index >= 15 is 0 Å². The normalized spacial score (nSPS) is 19.9. The van der Waals surface area contributed by atoms with Crippen molar-refractivity contribution < 1.29 is 0 Å². The topological polar surface area (TPSA) is 71.2 Å². The second-order valence-corrected chi connectivity index (χ2v) is 8.85. The lowest BCUT2D eigenvalue weighted by Gasteiger charge is -2.33. The molecule has 0 atom stereocenters. The fraction of sp³-hybridized carbons (Fsp3) is 0.435. The van der Waals surface area contributed by atoms with Gasteiger partial charge in [0.15, 0.2) is 5.65 Å². The van der Waals surface area contributed by atoms with Gasteiger partial charge in [0.25, 0.3) is 0 Å². The summed E-state index contributed by atoms with van der Waals surface area (Å²) in [5, 5.41) is 4.30. The Morgan fingerprint density at radius 1 is 1.07 bits per heavy atom. The Hall–Kier alpha value is -2.93. The van der Waals surface area contributed by atoms with Gasteiger partial charge in [-0.25, -0.2) is 14.3 Å². The second kappa shape index (κ2) is 7.09. The van der Waals surface area contributed by atoms with E-state index in [1.54, 1.807) is 6.33 Å². The van der Waals surface area contributed by atoms with E-state index in [1.807, 2.05) is 22.2 Å². The number of hydrogen-bond donors (Lipinski definition) is 1. The first-order chi connectivity index (χ1) is 14.4. The summed E-state index contributed by atoms with van der Waals surface area (Å²) in [7, 11) is 4.29. The molecule has 3 heterocycles. The Kier molecular flexibility index (Phi) is 4.50. The highest BCUT2D eigenvalue weighted by molar-refractivity contribution is 5.84. The zero-order valence-corrected chi connectivity index (χ0v) is 18.0. The van der Waals surface area contributed by atoms with Crippen LogP contribution < -0.4 is 5.69 Å². The number of nitrogens with zero attached hydrogens (tertiary/aromatic N) is 5. The average Bonchev–Trinajstić information content (AvgIpc) is 3.31. The minimum atomic E-state index is -0.00207. The summed E-state index contributed by atoms with van der Waals surface area (Å²) >= 11 is 0. The van der Waals surface area contributed by atoms with Crippen molar-refractivity contribution in [3.8, 4) is 11.1 Å². The molecule has 30 heavy (non-hydrogen) atoms. The standard InChI is InChI=1S/C23H28N6O/c1-14-10-21-20(11-19(14)16-9-15(2)22-24-13-25-28(22)12-16)26-23(30)29(21)18-7-5-17(6-8-18)27(3)4/h9-13,17-18H,5-8H2,1-4H3,(H,26,30). The van der Waals surface area contributed by atoms with Crippen molar-refractivity contribution in [1.82, 2.24) is 29.0 Å². The summed E-state index contributed by atoms with van der Waals surface area (Å²) in [4.78, 5) is 22.6. The molecule has 1 aliphatic rings. The molecule has 5 rings (SSSR count). The minimum absolute atomic E-state index is 0.00207. The Morgan fingerprint density at radius 3 is 2.57 bits per heavy atom. The zero-order valence-electron chi connectivity index (χ0n) is 18.0. The fourth-order valence-electron chi connectivity index (χ4n) is 5.02. The fourth-order valence-corrected chi connectivity index (χ4v) is 5.02. The number of aromatic nitrogens is 5. The summed E-state index contributed by atoms with van der Waals surface area (Å²) in [5.74, 6) is 0. The zero-order chi connectivity index (χ0) is 21.0. The maximum Gasteiger partial charge on any atom is 0.326 e. The predicted molar refractivity (Wildman–Crippen MR) is 119 cm³/mol. The molecule has 0 bridgehead atoms.